The molecule has 9 nitrogen and oxygen atoms in total. The summed E-state index contributed by atoms with van der Waals surface area (Å²) in [6.07, 6.45) is 9.85. The van der Waals surface area contributed by atoms with Crippen molar-refractivity contribution in [2.75, 3.05) is 38.2 Å². The molecule has 0 saturated carbocycles. The van der Waals surface area contributed by atoms with E-state index in [9.17, 15) is 4.79 Å². The maximum atomic E-state index is 11.7. The molecule has 0 spiro atoms. The largest absolute Gasteiger partial charge is 0.472 e. The van der Waals surface area contributed by atoms with E-state index in [1.807, 2.05) is 37.7 Å². The molecule has 1 saturated heterocycles. The van der Waals surface area contributed by atoms with Crippen molar-refractivity contribution >= 4 is 22.7 Å². The molecule has 1 fully saturated rings. The number of rotatable bonds is 11. The third-order valence-electron chi connectivity index (χ3n) is 5.94. The fourth-order valence-electron chi connectivity index (χ4n) is 4.23. The second kappa shape index (κ2) is 12.3. The van der Waals surface area contributed by atoms with Crippen molar-refractivity contribution in [1.82, 2.24) is 15.1 Å². The van der Waals surface area contributed by atoms with Crippen LogP contribution < -0.4 is 10.6 Å². The van der Waals surface area contributed by atoms with Crippen LogP contribution in [0.4, 0.5) is 10.5 Å². The van der Waals surface area contributed by atoms with Crippen molar-refractivity contribution in [3.63, 3.8) is 0 Å². The van der Waals surface area contributed by atoms with Gasteiger partial charge in [0.15, 0.2) is 6.23 Å². The van der Waals surface area contributed by atoms with Crippen molar-refractivity contribution in [3.8, 4) is 11.1 Å². The number of nitrogens with zero attached hydrogens (tertiary/aromatic N) is 2. The topological polar surface area (TPSA) is 99.8 Å². The van der Waals surface area contributed by atoms with Crippen LogP contribution in [-0.2, 0) is 14.2 Å². The van der Waals surface area contributed by atoms with Crippen LogP contribution in [0.15, 0.2) is 41.3 Å². The number of unbranched alkanes of at least 4 members (excludes halogenated alkanes) is 1. The Balaban J connectivity index is 1.28. The number of alkyl carbamates (subject to hydrolysis) is 1. The Morgan fingerprint density at radius 3 is 2.81 bits per heavy atom. The number of benzene rings is 1. The molecule has 9 heteroatoms. The summed E-state index contributed by atoms with van der Waals surface area (Å²) >= 11 is 0. The Morgan fingerprint density at radius 1 is 1.17 bits per heavy atom. The molecule has 1 aliphatic heterocycles. The summed E-state index contributed by atoms with van der Waals surface area (Å²) < 4.78 is 24.3. The lowest BCUT2D eigenvalue weighted by Gasteiger charge is -2.23. The molecular formula is C27H38N4O5. The number of ether oxygens (including phenoxy) is 3. The molecule has 1 aromatic carbocycles. The van der Waals surface area contributed by atoms with Gasteiger partial charge in [-0.05, 0) is 76.6 Å². The summed E-state index contributed by atoms with van der Waals surface area (Å²) in [5, 5.41) is 12.0. The van der Waals surface area contributed by atoms with Gasteiger partial charge in [0.05, 0.1) is 30.8 Å². The van der Waals surface area contributed by atoms with Gasteiger partial charge in [-0.1, -0.05) is 0 Å². The third-order valence-corrected chi connectivity index (χ3v) is 5.94. The van der Waals surface area contributed by atoms with Crippen LogP contribution in [0.2, 0.25) is 0 Å². The minimum absolute atomic E-state index is 0.0307. The van der Waals surface area contributed by atoms with Crippen molar-refractivity contribution in [2.24, 2.45) is 0 Å². The highest BCUT2D eigenvalue weighted by Gasteiger charge is 2.20. The first-order chi connectivity index (χ1) is 17.4. The summed E-state index contributed by atoms with van der Waals surface area (Å²) in [4.78, 5) is 11.7. The zero-order valence-corrected chi connectivity index (χ0v) is 21.5. The third kappa shape index (κ3) is 7.24. The minimum Gasteiger partial charge on any atom is -0.472 e. The lowest BCUT2D eigenvalue weighted by molar-refractivity contribution is -0.0366. The first kappa shape index (κ1) is 26.0. The maximum absolute atomic E-state index is 11.7. The van der Waals surface area contributed by atoms with Crippen molar-refractivity contribution in [2.45, 2.75) is 64.7 Å². The molecule has 4 rings (SSSR count). The molecule has 1 aliphatic rings. The highest BCUT2D eigenvalue weighted by Crippen LogP contribution is 2.34. The number of hydrogen-bond donors (Lipinski definition) is 2. The van der Waals surface area contributed by atoms with Gasteiger partial charge >= 0.3 is 6.09 Å². The molecular weight excluding hydrogens is 460 g/mol. The van der Waals surface area contributed by atoms with Crippen LogP contribution in [0.25, 0.3) is 22.0 Å². The van der Waals surface area contributed by atoms with Gasteiger partial charge in [0.1, 0.15) is 5.60 Å². The van der Waals surface area contributed by atoms with E-state index in [2.05, 4.69) is 27.9 Å². The fraction of sp³-hybridized carbons (Fsp3) is 0.556. The van der Waals surface area contributed by atoms with Crippen molar-refractivity contribution < 1.29 is 23.4 Å². The number of amides is 1. The summed E-state index contributed by atoms with van der Waals surface area (Å²) in [6.45, 7) is 8.79. The molecule has 36 heavy (non-hydrogen) atoms. The predicted octanol–water partition coefficient (Wildman–Crippen LogP) is 5.73. The van der Waals surface area contributed by atoms with E-state index in [1.54, 1.807) is 12.5 Å². The van der Waals surface area contributed by atoms with Gasteiger partial charge in [-0.25, -0.2) is 9.48 Å². The van der Waals surface area contributed by atoms with Gasteiger partial charge in [0.2, 0.25) is 0 Å². The first-order valence-corrected chi connectivity index (χ1v) is 12.8. The number of aromatic nitrogens is 2. The van der Waals surface area contributed by atoms with Crippen LogP contribution in [0.5, 0.6) is 0 Å². The van der Waals surface area contributed by atoms with Gasteiger partial charge < -0.3 is 29.3 Å². The molecule has 2 aromatic heterocycles. The van der Waals surface area contributed by atoms with Gasteiger partial charge in [0, 0.05) is 42.9 Å². The monoisotopic (exact) mass is 498 g/mol. The highest BCUT2D eigenvalue weighted by molar-refractivity contribution is 5.95. The maximum Gasteiger partial charge on any atom is 0.407 e. The molecule has 196 valence electrons. The number of carbonyl (C=O) groups is 1. The van der Waals surface area contributed by atoms with E-state index >= 15 is 0 Å². The fourth-order valence-corrected chi connectivity index (χ4v) is 4.23. The van der Waals surface area contributed by atoms with Crippen LogP contribution in [0, 0.1) is 0 Å². The minimum atomic E-state index is -0.480. The number of hydrogen-bond acceptors (Lipinski definition) is 7. The second-order valence-corrected chi connectivity index (χ2v) is 10.1. The van der Waals surface area contributed by atoms with E-state index in [0.717, 1.165) is 66.4 Å². The first-order valence-electron chi connectivity index (χ1n) is 12.8. The lowest BCUT2D eigenvalue weighted by Crippen LogP contribution is -2.33. The Kier molecular flexibility index (Phi) is 8.88. The quantitative estimate of drug-likeness (QED) is 0.326. The summed E-state index contributed by atoms with van der Waals surface area (Å²) in [5.41, 5.74) is 3.66. The Hall–Kier alpha value is -3.04. The van der Waals surface area contributed by atoms with Gasteiger partial charge in [-0.15, -0.1) is 0 Å². The van der Waals surface area contributed by atoms with Gasteiger partial charge in [-0.2, -0.15) is 5.10 Å². The summed E-state index contributed by atoms with van der Waals surface area (Å²) in [6, 6.07) is 6.24. The average Bonchev–Trinajstić information content (AvgIpc) is 3.53. The van der Waals surface area contributed by atoms with Crippen LogP contribution >= 0.6 is 0 Å². The Labute approximate surface area is 212 Å². The van der Waals surface area contributed by atoms with Crippen molar-refractivity contribution in [3.05, 3.63) is 36.9 Å². The Bertz CT molecular complexity index is 1100. The highest BCUT2D eigenvalue weighted by atomic mass is 16.6. The predicted molar refractivity (Wildman–Crippen MR) is 139 cm³/mol. The second-order valence-electron chi connectivity index (χ2n) is 10.1. The molecule has 0 bridgehead atoms. The standard InChI is InChI=1S/C27H38N4O5/c1-27(2,3)36-26(32)29-10-5-7-12-33-15-11-28-23-16-21(20-9-14-34-19-20)17-24-22(23)18-30-31(24)25-8-4-6-13-35-25/h9,14,16-19,25,28H,4-8,10-13,15H2,1-3H3,(H,29,32). The lowest BCUT2D eigenvalue weighted by atomic mass is 10.1. The summed E-state index contributed by atoms with van der Waals surface area (Å²) in [5.74, 6) is 0. The molecule has 1 atom stereocenters. The number of carbonyl (C=O) groups excluding carboxylic acids is 1. The van der Waals surface area contributed by atoms with E-state index in [0.29, 0.717) is 26.3 Å². The van der Waals surface area contributed by atoms with E-state index < -0.39 is 5.60 Å². The molecule has 1 amide bonds. The molecule has 0 radical (unpaired) electrons. The molecule has 1 unspecified atom stereocenters. The van der Waals surface area contributed by atoms with Crippen LogP contribution in [-0.4, -0.2) is 54.4 Å². The number of fused-ring (bicyclic) bond motifs is 1. The van der Waals surface area contributed by atoms with Crippen LogP contribution in [0.1, 0.15) is 59.1 Å². The smallest absolute Gasteiger partial charge is 0.407 e. The van der Waals surface area contributed by atoms with E-state index in [4.69, 9.17) is 18.6 Å². The van der Waals surface area contributed by atoms with Gasteiger partial charge in [0.25, 0.3) is 0 Å². The SMILES string of the molecule is CC(C)(C)OC(=O)NCCCCOCCNc1cc(-c2ccoc2)cc2c1cnn2C1CCCCO1. The number of anilines is 1. The van der Waals surface area contributed by atoms with Gasteiger partial charge in [-0.3, -0.25) is 0 Å². The average molecular weight is 499 g/mol. The number of nitrogens with one attached hydrogen (secondary N) is 2. The Morgan fingerprint density at radius 2 is 2.06 bits per heavy atom. The summed E-state index contributed by atoms with van der Waals surface area (Å²) in [7, 11) is 0. The molecule has 3 aromatic rings. The molecule has 2 N–H and O–H groups in total. The molecule has 0 aliphatic carbocycles. The normalized spacial score (nSPS) is 16.2. The molecule has 3 heterocycles. The van der Waals surface area contributed by atoms with Crippen LogP contribution in [0.3, 0.4) is 0 Å². The number of furan rings is 1. The zero-order chi connectivity index (χ0) is 25.4. The van der Waals surface area contributed by atoms with Crippen molar-refractivity contribution in [1.29, 1.82) is 0 Å². The van der Waals surface area contributed by atoms with E-state index in [1.165, 1.54) is 0 Å². The zero-order valence-electron chi connectivity index (χ0n) is 21.5. The van der Waals surface area contributed by atoms with E-state index in [-0.39, 0.29) is 12.3 Å².